The first kappa shape index (κ1) is 14.5. The van der Waals surface area contributed by atoms with Crippen molar-refractivity contribution in [2.24, 2.45) is 0 Å². The summed E-state index contributed by atoms with van der Waals surface area (Å²) in [6.07, 6.45) is 1.04. The van der Waals surface area contributed by atoms with Crippen LogP contribution in [-0.2, 0) is 14.8 Å². The predicted octanol–water partition coefficient (Wildman–Crippen LogP) is 2.66. The normalized spacial score (nSPS) is 13.6. The topological polar surface area (TPSA) is 68.5 Å². The Labute approximate surface area is 120 Å². The summed E-state index contributed by atoms with van der Waals surface area (Å²) in [7, 11) is -2.08. The molecule has 2 rings (SSSR count). The summed E-state index contributed by atoms with van der Waals surface area (Å²) in [6, 6.07) is 6.45. The second kappa shape index (κ2) is 6.06. The maximum Gasteiger partial charge on any atom is 0.250 e. The number of hydrogen-bond acceptors (Lipinski definition) is 5. The molecule has 0 aliphatic rings. The van der Waals surface area contributed by atoms with Crippen LogP contribution in [0.3, 0.4) is 0 Å². The molecule has 0 aromatic carbocycles. The van der Waals surface area contributed by atoms with E-state index in [1.54, 1.807) is 18.2 Å². The second-order valence-corrected chi connectivity index (χ2v) is 7.36. The smallest absolute Gasteiger partial charge is 0.250 e. The molecular formula is C11H12ClNO4S2. The number of furan rings is 1. The molecule has 8 heteroatoms. The molecule has 0 radical (unpaired) electrons. The van der Waals surface area contributed by atoms with Crippen molar-refractivity contribution in [3.05, 3.63) is 40.6 Å². The molecule has 104 valence electrons. The van der Waals surface area contributed by atoms with Gasteiger partial charge >= 0.3 is 0 Å². The maximum absolute atomic E-state index is 12.0. The summed E-state index contributed by atoms with van der Waals surface area (Å²) < 4.78 is 37.4. The van der Waals surface area contributed by atoms with Gasteiger partial charge in [-0.2, -0.15) is 0 Å². The molecule has 1 atom stereocenters. The quantitative estimate of drug-likeness (QED) is 0.888. The summed E-state index contributed by atoms with van der Waals surface area (Å²) in [5.74, 6) is 0.564. The van der Waals surface area contributed by atoms with E-state index >= 15 is 0 Å². The second-order valence-electron chi connectivity index (χ2n) is 3.65. The first-order chi connectivity index (χ1) is 9.03. The molecule has 0 amide bonds. The highest BCUT2D eigenvalue weighted by Gasteiger charge is 2.20. The minimum atomic E-state index is -3.57. The van der Waals surface area contributed by atoms with E-state index < -0.39 is 16.1 Å². The van der Waals surface area contributed by atoms with Crippen LogP contribution in [0.4, 0.5) is 0 Å². The van der Waals surface area contributed by atoms with E-state index in [0.29, 0.717) is 10.1 Å². The highest BCUT2D eigenvalue weighted by molar-refractivity contribution is 7.91. The lowest BCUT2D eigenvalue weighted by molar-refractivity contribution is 0.0878. The number of methoxy groups -OCH3 is 1. The molecule has 2 heterocycles. The van der Waals surface area contributed by atoms with Gasteiger partial charge in [-0.15, -0.1) is 11.3 Å². The van der Waals surface area contributed by atoms with Crippen LogP contribution in [0.25, 0.3) is 0 Å². The summed E-state index contributed by atoms with van der Waals surface area (Å²) in [5, 5.41) is 0. The lowest BCUT2D eigenvalue weighted by Gasteiger charge is -2.13. The molecule has 1 N–H and O–H groups in total. The number of rotatable bonds is 6. The van der Waals surface area contributed by atoms with Gasteiger partial charge in [0, 0.05) is 13.7 Å². The Kier molecular flexibility index (Phi) is 4.64. The molecule has 0 aliphatic heterocycles. The van der Waals surface area contributed by atoms with E-state index in [1.807, 2.05) is 0 Å². The van der Waals surface area contributed by atoms with Gasteiger partial charge in [-0.3, -0.25) is 0 Å². The molecule has 0 spiro atoms. The highest BCUT2D eigenvalue weighted by Crippen LogP contribution is 2.25. The molecule has 2 aromatic rings. The summed E-state index contributed by atoms with van der Waals surface area (Å²) in [6.45, 7) is 0.0852. The van der Waals surface area contributed by atoms with E-state index in [9.17, 15) is 8.42 Å². The van der Waals surface area contributed by atoms with Gasteiger partial charge in [-0.05, 0) is 24.3 Å². The molecule has 0 bridgehead atoms. The maximum atomic E-state index is 12.0. The summed E-state index contributed by atoms with van der Waals surface area (Å²) in [5.41, 5.74) is 0. The first-order valence-electron chi connectivity index (χ1n) is 5.34. The van der Waals surface area contributed by atoms with Crippen LogP contribution in [0.5, 0.6) is 0 Å². The number of nitrogens with one attached hydrogen (secondary N) is 1. The highest BCUT2D eigenvalue weighted by atomic mass is 35.5. The molecule has 5 nitrogen and oxygen atoms in total. The van der Waals surface area contributed by atoms with Crippen LogP contribution in [0, 0.1) is 0 Å². The largest absolute Gasteiger partial charge is 0.467 e. The zero-order valence-electron chi connectivity index (χ0n) is 10.00. The van der Waals surface area contributed by atoms with Crippen molar-refractivity contribution >= 4 is 33.0 Å². The fourth-order valence-electron chi connectivity index (χ4n) is 1.47. The van der Waals surface area contributed by atoms with Crippen LogP contribution in [0.1, 0.15) is 11.9 Å². The van der Waals surface area contributed by atoms with E-state index in [4.69, 9.17) is 20.8 Å². The van der Waals surface area contributed by atoms with Crippen LogP contribution >= 0.6 is 22.9 Å². The SMILES string of the molecule is CO[C@@H](CNS(=O)(=O)c1ccc(Cl)s1)c1ccco1. The molecule has 0 fully saturated rings. The molecule has 0 aliphatic carbocycles. The Balaban J connectivity index is 2.05. The minimum absolute atomic E-state index is 0.0852. The molecule has 0 saturated carbocycles. The van der Waals surface area contributed by atoms with Crippen molar-refractivity contribution in [3.63, 3.8) is 0 Å². The molecule has 0 saturated heterocycles. The van der Waals surface area contributed by atoms with E-state index in [1.165, 1.54) is 19.4 Å². The monoisotopic (exact) mass is 321 g/mol. The van der Waals surface area contributed by atoms with Crippen LogP contribution in [0.2, 0.25) is 4.34 Å². The third kappa shape index (κ3) is 3.58. The van der Waals surface area contributed by atoms with Gasteiger partial charge in [-0.1, -0.05) is 11.6 Å². The number of ether oxygens (including phenoxy) is 1. The first-order valence-corrected chi connectivity index (χ1v) is 8.02. The van der Waals surface area contributed by atoms with Crippen molar-refractivity contribution < 1.29 is 17.6 Å². The van der Waals surface area contributed by atoms with Crippen molar-refractivity contribution in [2.45, 2.75) is 10.3 Å². The van der Waals surface area contributed by atoms with Crippen molar-refractivity contribution in [1.29, 1.82) is 0 Å². The number of sulfonamides is 1. The van der Waals surface area contributed by atoms with Crippen molar-refractivity contribution in [1.82, 2.24) is 4.72 Å². The van der Waals surface area contributed by atoms with Gasteiger partial charge in [0.25, 0.3) is 0 Å². The number of hydrogen-bond donors (Lipinski definition) is 1. The van der Waals surface area contributed by atoms with Gasteiger partial charge in [-0.25, -0.2) is 13.1 Å². The van der Waals surface area contributed by atoms with Crippen molar-refractivity contribution in [3.8, 4) is 0 Å². The summed E-state index contributed by atoms with van der Waals surface area (Å²) in [4.78, 5) is 0. The minimum Gasteiger partial charge on any atom is -0.467 e. The van der Waals surface area contributed by atoms with Crippen LogP contribution < -0.4 is 4.72 Å². The molecule has 2 aromatic heterocycles. The fraction of sp³-hybridized carbons (Fsp3) is 0.273. The van der Waals surface area contributed by atoms with Gasteiger partial charge in [0.2, 0.25) is 10.0 Å². The number of halogens is 1. The Morgan fingerprint density at radius 1 is 1.47 bits per heavy atom. The zero-order valence-corrected chi connectivity index (χ0v) is 12.4. The number of thiophene rings is 1. The third-order valence-corrected chi connectivity index (χ3v) is 5.56. The third-order valence-electron chi connectivity index (χ3n) is 2.42. The van der Waals surface area contributed by atoms with E-state index in [0.717, 1.165) is 11.3 Å². The predicted molar refractivity (Wildman–Crippen MR) is 73.0 cm³/mol. The average Bonchev–Trinajstić information content (AvgIpc) is 3.01. The van der Waals surface area contributed by atoms with Crippen molar-refractivity contribution in [2.75, 3.05) is 13.7 Å². The molecule has 0 unspecified atom stereocenters. The van der Waals surface area contributed by atoms with E-state index in [2.05, 4.69) is 4.72 Å². The van der Waals surface area contributed by atoms with Crippen LogP contribution in [0.15, 0.2) is 39.2 Å². The zero-order chi connectivity index (χ0) is 13.9. The Morgan fingerprint density at radius 3 is 2.79 bits per heavy atom. The Morgan fingerprint density at radius 2 is 2.26 bits per heavy atom. The van der Waals surface area contributed by atoms with Gasteiger partial charge < -0.3 is 9.15 Å². The van der Waals surface area contributed by atoms with Crippen LogP contribution in [-0.4, -0.2) is 22.1 Å². The lowest BCUT2D eigenvalue weighted by atomic mass is 10.3. The summed E-state index contributed by atoms with van der Waals surface area (Å²) >= 11 is 6.73. The standard InChI is InChI=1S/C11H12ClNO4S2/c1-16-9(8-3-2-6-17-8)7-13-19(14,15)11-5-4-10(12)18-11/h2-6,9,13H,7H2,1H3/t9-/m0/s1. The average molecular weight is 322 g/mol. The molecule has 19 heavy (non-hydrogen) atoms. The fourth-order valence-corrected chi connectivity index (χ4v) is 4.03. The van der Waals surface area contributed by atoms with Gasteiger partial charge in [0.15, 0.2) is 0 Å². The molecular weight excluding hydrogens is 310 g/mol. The lowest BCUT2D eigenvalue weighted by Crippen LogP contribution is -2.28. The Hall–Kier alpha value is -0.860. The van der Waals surface area contributed by atoms with Gasteiger partial charge in [0.1, 0.15) is 16.1 Å². The Bertz CT molecular complexity index is 621. The van der Waals surface area contributed by atoms with E-state index in [-0.39, 0.29) is 10.8 Å². The van der Waals surface area contributed by atoms with Gasteiger partial charge in [0.05, 0.1) is 10.6 Å².